The van der Waals surface area contributed by atoms with Crippen LogP contribution in [0.2, 0.25) is 0 Å². The zero-order chi connectivity index (χ0) is 11.5. The van der Waals surface area contributed by atoms with Crippen molar-refractivity contribution in [2.75, 3.05) is 0 Å². The van der Waals surface area contributed by atoms with Gasteiger partial charge in [0.25, 0.3) is 0 Å². The molecule has 0 aliphatic heterocycles. The van der Waals surface area contributed by atoms with Crippen molar-refractivity contribution in [3.8, 4) is 6.07 Å². The number of nitriles is 1. The Morgan fingerprint density at radius 2 is 2.06 bits per heavy atom. The van der Waals surface area contributed by atoms with E-state index in [0.717, 1.165) is 6.42 Å². The molecule has 0 fully saturated rings. The van der Waals surface area contributed by atoms with E-state index in [0.29, 0.717) is 12.8 Å². The molecule has 2 rings (SSSR count). The van der Waals surface area contributed by atoms with Crippen LogP contribution in [0.3, 0.4) is 0 Å². The summed E-state index contributed by atoms with van der Waals surface area (Å²) in [4.78, 5) is 11.6. The zero-order valence-electron chi connectivity index (χ0n) is 8.82. The highest BCUT2D eigenvalue weighted by atomic mass is 127. The molecule has 0 radical (unpaired) electrons. The quantitative estimate of drug-likeness (QED) is 0.543. The molecular formula is C13H12INO. The number of alkyl halides is 1. The van der Waals surface area contributed by atoms with Gasteiger partial charge in [0.15, 0.2) is 0 Å². The smallest absolute Gasteiger partial charge is 0.134 e. The summed E-state index contributed by atoms with van der Waals surface area (Å²) in [6.45, 7) is 0. The van der Waals surface area contributed by atoms with E-state index < -0.39 is 0 Å². The number of carbonyl (C=O) groups excluding carboxylic acids is 1. The van der Waals surface area contributed by atoms with Gasteiger partial charge in [-0.15, -0.1) is 0 Å². The van der Waals surface area contributed by atoms with Gasteiger partial charge in [-0.05, 0) is 17.5 Å². The Bertz CT molecular complexity index is 449. The number of carbonyl (C=O) groups is 1. The summed E-state index contributed by atoms with van der Waals surface area (Å²) < 4.78 is 0.128. The molecule has 0 saturated heterocycles. The van der Waals surface area contributed by atoms with E-state index >= 15 is 0 Å². The van der Waals surface area contributed by atoms with Gasteiger partial charge in [-0.3, -0.25) is 4.79 Å². The van der Waals surface area contributed by atoms with Crippen LogP contribution in [-0.2, 0) is 11.2 Å². The number of Topliss-reactive ketones (excluding diaryl/α,β-unsaturated/α-hetero) is 1. The van der Waals surface area contributed by atoms with Gasteiger partial charge in [-0.2, -0.15) is 5.26 Å². The number of fused-ring (bicyclic) bond motifs is 1. The lowest BCUT2D eigenvalue weighted by Crippen LogP contribution is -2.17. The molecule has 1 aliphatic rings. The summed E-state index contributed by atoms with van der Waals surface area (Å²) in [7, 11) is 0. The van der Waals surface area contributed by atoms with E-state index in [1.54, 1.807) is 0 Å². The highest BCUT2D eigenvalue weighted by Crippen LogP contribution is 2.37. The van der Waals surface area contributed by atoms with Gasteiger partial charge in [0.2, 0.25) is 0 Å². The first kappa shape index (κ1) is 11.6. The molecule has 0 aromatic heterocycles. The van der Waals surface area contributed by atoms with Gasteiger partial charge < -0.3 is 0 Å². The van der Waals surface area contributed by atoms with Crippen molar-refractivity contribution in [3.05, 3.63) is 35.4 Å². The molecule has 1 aliphatic carbocycles. The maximum Gasteiger partial charge on any atom is 0.134 e. The Hall–Kier alpha value is -0.890. The minimum Gasteiger partial charge on any atom is -0.300 e. The van der Waals surface area contributed by atoms with Crippen LogP contribution in [0.4, 0.5) is 0 Å². The van der Waals surface area contributed by atoms with Crippen LogP contribution in [0.5, 0.6) is 0 Å². The molecule has 1 aromatic rings. The van der Waals surface area contributed by atoms with Crippen molar-refractivity contribution >= 4 is 28.4 Å². The SMILES string of the molecule is N#C[C@@H]1CC(=O)CCc2ccccc2[C@@H]1I. The van der Waals surface area contributed by atoms with E-state index in [2.05, 4.69) is 40.8 Å². The first-order chi connectivity index (χ1) is 7.72. The van der Waals surface area contributed by atoms with Crippen molar-refractivity contribution in [2.24, 2.45) is 5.92 Å². The fourth-order valence-corrected chi connectivity index (χ4v) is 3.11. The maximum absolute atomic E-state index is 11.6. The summed E-state index contributed by atoms with van der Waals surface area (Å²) in [6, 6.07) is 10.4. The molecule has 0 saturated carbocycles. The average molecular weight is 325 g/mol. The van der Waals surface area contributed by atoms with Gasteiger partial charge in [-0.25, -0.2) is 0 Å². The summed E-state index contributed by atoms with van der Waals surface area (Å²) in [5.74, 6) is 0.0252. The summed E-state index contributed by atoms with van der Waals surface area (Å²) >= 11 is 2.29. The molecule has 1 aromatic carbocycles. The number of aryl methyl sites for hydroxylation is 1. The van der Waals surface area contributed by atoms with Crippen LogP contribution < -0.4 is 0 Å². The zero-order valence-corrected chi connectivity index (χ0v) is 11.0. The summed E-state index contributed by atoms with van der Waals surface area (Å²) in [5.41, 5.74) is 2.44. The average Bonchev–Trinajstić information content (AvgIpc) is 2.31. The molecule has 16 heavy (non-hydrogen) atoms. The molecule has 82 valence electrons. The fourth-order valence-electron chi connectivity index (χ4n) is 2.08. The van der Waals surface area contributed by atoms with Crippen LogP contribution in [0.15, 0.2) is 24.3 Å². The lowest BCUT2D eigenvalue weighted by Gasteiger charge is -2.22. The lowest BCUT2D eigenvalue weighted by molar-refractivity contribution is -0.119. The molecule has 0 bridgehead atoms. The fraction of sp³-hybridized carbons (Fsp3) is 0.385. The maximum atomic E-state index is 11.6. The second-order valence-corrected chi connectivity index (χ2v) is 5.42. The van der Waals surface area contributed by atoms with Crippen LogP contribution in [0.25, 0.3) is 0 Å². The Balaban J connectivity index is 2.42. The lowest BCUT2D eigenvalue weighted by atomic mass is 9.87. The molecule has 3 heteroatoms. The van der Waals surface area contributed by atoms with Crippen molar-refractivity contribution < 1.29 is 4.79 Å². The highest BCUT2D eigenvalue weighted by molar-refractivity contribution is 14.1. The first-order valence-electron chi connectivity index (χ1n) is 5.35. The highest BCUT2D eigenvalue weighted by Gasteiger charge is 2.27. The van der Waals surface area contributed by atoms with Gasteiger partial charge in [0.1, 0.15) is 5.78 Å². The predicted octanol–water partition coefficient (Wildman–Crippen LogP) is 3.21. The van der Waals surface area contributed by atoms with Crippen molar-refractivity contribution in [3.63, 3.8) is 0 Å². The Kier molecular flexibility index (Phi) is 3.59. The molecule has 2 atom stereocenters. The number of nitrogens with zero attached hydrogens (tertiary/aromatic N) is 1. The van der Waals surface area contributed by atoms with Crippen molar-refractivity contribution in [1.82, 2.24) is 0 Å². The van der Waals surface area contributed by atoms with Crippen LogP contribution in [-0.4, -0.2) is 5.78 Å². The summed E-state index contributed by atoms with van der Waals surface area (Å²) in [5, 5.41) is 9.11. The van der Waals surface area contributed by atoms with Gasteiger partial charge >= 0.3 is 0 Å². The number of hydrogen-bond donors (Lipinski definition) is 0. The predicted molar refractivity (Wildman–Crippen MR) is 70.3 cm³/mol. The molecule has 0 amide bonds. The number of benzene rings is 1. The molecule has 0 N–H and O–H groups in total. The third kappa shape index (κ3) is 2.27. The normalized spacial score (nSPS) is 25.1. The second-order valence-electron chi connectivity index (χ2n) is 4.08. The molecule has 2 nitrogen and oxygen atoms in total. The standard InChI is InChI=1S/C13H12INO/c14-13-10(8-15)7-11(16)6-5-9-3-1-2-4-12(9)13/h1-4,10,13H,5-7H2/t10-,13+/m0/s1. The van der Waals surface area contributed by atoms with Crippen LogP contribution >= 0.6 is 22.6 Å². The van der Waals surface area contributed by atoms with Gasteiger partial charge in [0.05, 0.1) is 15.9 Å². The number of hydrogen-bond acceptors (Lipinski definition) is 2. The van der Waals surface area contributed by atoms with Crippen molar-refractivity contribution in [2.45, 2.75) is 23.2 Å². The molecule has 0 unspecified atom stereocenters. The van der Waals surface area contributed by atoms with E-state index in [4.69, 9.17) is 5.26 Å². The summed E-state index contributed by atoms with van der Waals surface area (Å²) in [6.07, 6.45) is 1.78. The number of ketones is 1. The Morgan fingerprint density at radius 1 is 1.31 bits per heavy atom. The van der Waals surface area contributed by atoms with E-state index in [1.165, 1.54) is 11.1 Å². The van der Waals surface area contributed by atoms with Gasteiger partial charge in [-0.1, -0.05) is 46.9 Å². The Morgan fingerprint density at radius 3 is 2.81 bits per heavy atom. The van der Waals surface area contributed by atoms with Crippen LogP contribution in [0, 0.1) is 17.2 Å². The molecule has 0 spiro atoms. The molecule has 0 heterocycles. The van der Waals surface area contributed by atoms with E-state index in [-0.39, 0.29) is 15.6 Å². The minimum atomic E-state index is -0.186. The number of rotatable bonds is 0. The van der Waals surface area contributed by atoms with Gasteiger partial charge in [0, 0.05) is 12.8 Å². The topological polar surface area (TPSA) is 40.9 Å². The minimum absolute atomic E-state index is 0.128. The van der Waals surface area contributed by atoms with Crippen LogP contribution in [0.1, 0.15) is 27.9 Å². The monoisotopic (exact) mass is 325 g/mol. The third-order valence-electron chi connectivity index (χ3n) is 2.99. The van der Waals surface area contributed by atoms with Crippen molar-refractivity contribution in [1.29, 1.82) is 5.26 Å². The number of halogens is 1. The Labute approximate surface area is 109 Å². The largest absolute Gasteiger partial charge is 0.300 e. The second kappa shape index (κ2) is 4.96. The molecular weight excluding hydrogens is 313 g/mol. The van der Waals surface area contributed by atoms with E-state index in [1.807, 2.05) is 12.1 Å². The van der Waals surface area contributed by atoms with E-state index in [9.17, 15) is 4.79 Å². The third-order valence-corrected chi connectivity index (χ3v) is 4.53. The first-order valence-corrected chi connectivity index (χ1v) is 6.60.